The number of benzene rings is 1. The average Bonchev–Trinajstić information content (AvgIpc) is 2.89. The number of hydrogen-bond acceptors (Lipinski definition) is 4. The fourth-order valence-corrected chi connectivity index (χ4v) is 2.02. The van der Waals surface area contributed by atoms with E-state index in [-0.39, 0.29) is 5.91 Å². The zero-order chi connectivity index (χ0) is 14.5. The molecule has 106 valence electrons. The standard InChI is InChI=1S/C14H16ClN3O2/c1-18(7-10-2-4-12(15)5-3-10)8-13-6-11(9-20-13)14(19)17-16/h2-6,9H,7-8,16H2,1H3,(H,17,19). The van der Waals surface area contributed by atoms with Gasteiger partial charge in [0.1, 0.15) is 12.0 Å². The Labute approximate surface area is 122 Å². The number of hydrogen-bond donors (Lipinski definition) is 2. The number of nitrogen functional groups attached to an aromatic ring is 1. The Morgan fingerprint density at radius 3 is 2.70 bits per heavy atom. The van der Waals surface area contributed by atoms with Crippen molar-refractivity contribution >= 4 is 17.5 Å². The molecule has 0 radical (unpaired) electrons. The van der Waals surface area contributed by atoms with Crippen molar-refractivity contribution in [1.82, 2.24) is 10.3 Å². The Morgan fingerprint density at radius 2 is 2.05 bits per heavy atom. The van der Waals surface area contributed by atoms with Gasteiger partial charge in [0.05, 0.1) is 12.1 Å². The first-order valence-electron chi connectivity index (χ1n) is 6.10. The largest absolute Gasteiger partial charge is 0.467 e. The van der Waals surface area contributed by atoms with E-state index in [0.717, 1.165) is 17.1 Å². The van der Waals surface area contributed by atoms with Crippen molar-refractivity contribution in [3.05, 3.63) is 58.5 Å². The van der Waals surface area contributed by atoms with Gasteiger partial charge in [0, 0.05) is 11.6 Å². The molecule has 1 aromatic heterocycles. The van der Waals surface area contributed by atoms with E-state index in [9.17, 15) is 4.79 Å². The maximum atomic E-state index is 11.3. The number of hydrazine groups is 1. The van der Waals surface area contributed by atoms with E-state index in [4.69, 9.17) is 21.9 Å². The lowest BCUT2D eigenvalue weighted by atomic mass is 10.2. The summed E-state index contributed by atoms with van der Waals surface area (Å²) in [5, 5.41) is 0.722. The van der Waals surface area contributed by atoms with Gasteiger partial charge < -0.3 is 4.42 Å². The fraction of sp³-hybridized carbons (Fsp3) is 0.214. The van der Waals surface area contributed by atoms with Crippen LogP contribution >= 0.6 is 11.6 Å². The number of furan rings is 1. The van der Waals surface area contributed by atoms with Crippen molar-refractivity contribution in [3.63, 3.8) is 0 Å². The van der Waals surface area contributed by atoms with Crippen LogP contribution < -0.4 is 11.3 Å². The summed E-state index contributed by atoms with van der Waals surface area (Å²) >= 11 is 5.85. The SMILES string of the molecule is CN(Cc1ccc(Cl)cc1)Cc1cc(C(=O)NN)co1. The molecule has 0 saturated carbocycles. The summed E-state index contributed by atoms with van der Waals surface area (Å²) in [6.07, 6.45) is 1.40. The Bertz CT molecular complexity index is 580. The van der Waals surface area contributed by atoms with Crippen molar-refractivity contribution in [3.8, 4) is 0 Å². The van der Waals surface area contributed by atoms with E-state index in [0.29, 0.717) is 17.9 Å². The van der Waals surface area contributed by atoms with Crippen LogP contribution in [0.1, 0.15) is 21.7 Å². The molecular formula is C14H16ClN3O2. The summed E-state index contributed by atoms with van der Waals surface area (Å²) in [6.45, 7) is 1.36. The normalized spacial score (nSPS) is 10.8. The van der Waals surface area contributed by atoms with Crippen LogP contribution in [0.25, 0.3) is 0 Å². The minimum absolute atomic E-state index is 0.361. The number of nitrogens with zero attached hydrogens (tertiary/aromatic N) is 1. The van der Waals surface area contributed by atoms with E-state index in [1.165, 1.54) is 6.26 Å². The van der Waals surface area contributed by atoms with E-state index in [1.807, 2.05) is 31.3 Å². The Balaban J connectivity index is 1.94. The number of nitrogens with two attached hydrogens (primary N) is 1. The third-order valence-electron chi connectivity index (χ3n) is 2.84. The van der Waals surface area contributed by atoms with Gasteiger partial charge in [-0.3, -0.25) is 15.1 Å². The molecule has 0 spiro atoms. The molecule has 0 bridgehead atoms. The van der Waals surface area contributed by atoms with Crippen LogP contribution in [0.2, 0.25) is 5.02 Å². The summed E-state index contributed by atoms with van der Waals surface area (Å²) in [5.74, 6) is 5.41. The molecule has 0 saturated heterocycles. The lowest BCUT2D eigenvalue weighted by molar-refractivity contribution is 0.0953. The second kappa shape index (κ2) is 6.56. The van der Waals surface area contributed by atoms with Gasteiger partial charge in [0.15, 0.2) is 0 Å². The number of carbonyl (C=O) groups is 1. The molecule has 0 aliphatic carbocycles. The molecule has 0 aliphatic rings. The molecule has 0 atom stereocenters. The quantitative estimate of drug-likeness (QED) is 0.503. The second-order valence-electron chi connectivity index (χ2n) is 4.57. The van der Waals surface area contributed by atoms with E-state index < -0.39 is 0 Å². The van der Waals surface area contributed by atoms with Gasteiger partial charge >= 0.3 is 0 Å². The molecule has 3 N–H and O–H groups in total. The predicted molar refractivity (Wildman–Crippen MR) is 77.0 cm³/mol. The molecule has 2 rings (SSSR count). The van der Waals surface area contributed by atoms with Gasteiger partial charge in [-0.2, -0.15) is 0 Å². The summed E-state index contributed by atoms with van der Waals surface area (Å²) in [7, 11) is 1.97. The number of amides is 1. The summed E-state index contributed by atoms with van der Waals surface area (Å²) in [6, 6.07) is 9.37. The van der Waals surface area contributed by atoms with Gasteiger partial charge in [0.25, 0.3) is 5.91 Å². The molecule has 1 amide bonds. The minimum atomic E-state index is -0.361. The zero-order valence-electron chi connectivity index (χ0n) is 11.1. The third-order valence-corrected chi connectivity index (χ3v) is 3.09. The van der Waals surface area contributed by atoms with Crippen LogP contribution in [0.4, 0.5) is 0 Å². The highest BCUT2D eigenvalue weighted by Gasteiger charge is 2.10. The maximum absolute atomic E-state index is 11.3. The lowest BCUT2D eigenvalue weighted by Gasteiger charge is -2.15. The van der Waals surface area contributed by atoms with Gasteiger partial charge in [-0.25, -0.2) is 5.84 Å². The fourth-order valence-electron chi connectivity index (χ4n) is 1.89. The first kappa shape index (κ1) is 14.6. The van der Waals surface area contributed by atoms with Gasteiger partial charge in [-0.1, -0.05) is 23.7 Å². The van der Waals surface area contributed by atoms with Crippen molar-refractivity contribution in [2.45, 2.75) is 13.1 Å². The van der Waals surface area contributed by atoms with Crippen molar-refractivity contribution in [1.29, 1.82) is 0 Å². The molecule has 6 heteroatoms. The molecule has 0 aliphatic heterocycles. The van der Waals surface area contributed by atoms with Gasteiger partial charge in [-0.05, 0) is 30.8 Å². The van der Waals surface area contributed by atoms with Gasteiger partial charge in [-0.15, -0.1) is 0 Å². The molecule has 1 heterocycles. The van der Waals surface area contributed by atoms with E-state index >= 15 is 0 Å². The predicted octanol–water partition coefficient (Wildman–Crippen LogP) is 2.17. The molecule has 1 aromatic carbocycles. The monoisotopic (exact) mass is 293 g/mol. The Kier molecular flexibility index (Phi) is 4.79. The van der Waals surface area contributed by atoms with Crippen LogP contribution in [0, 0.1) is 0 Å². The first-order valence-corrected chi connectivity index (χ1v) is 6.47. The second-order valence-corrected chi connectivity index (χ2v) is 5.01. The summed E-state index contributed by atoms with van der Waals surface area (Å²) < 4.78 is 5.34. The van der Waals surface area contributed by atoms with Crippen molar-refractivity contribution in [2.24, 2.45) is 5.84 Å². The molecule has 0 unspecified atom stereocenters. The number of carbonyl (C=O) groups excluding carboxylic acids is 1. The van der Waals surface area contributed by atoms with Crippen molar-refractivity contribution < 1.29 is 9.21 Å². The molecule has 20 heavy (non-hydrogen) atoms. The van der Waals surface area contributed by atoms with Crippen molar-refractivity contribution in [2.75, 3.05) is 7.05 Å². The maximum Gasteiger partial charge on any atom is 0.268 e. The van der Waals surface area contributed by atoms with Crippen LogP contribution in [0.3, 0.4) is 0 Å². The Hall–Kier alpha value is -1.82. The van der Waals surface area contributed by atoms with E-state index in [2.05, 4.69) is 10.3 Å². The zero-order valence-corrected chi connectivity index (χ0v) is 11.9. The molecule has 2 aromatic rings. The smallest absolute Gasteiger partial charge is 0.268 e. The number of rotatable bonds is 5. The lowest BCUT2D eigenvalue weighted by Crippen LogP contribution is -2.29. The molecule has 5 nitrogen and oxygen atoms in total. The Morgan fingerprint density at radius 1 is 1.35 bits per heavy atom. The molecular weight excluding hydrogens is 278 g/mol. The highest BCUT2D eigenvalue weighted by atomic mass is 35.5. The highest BCUT2D eigenvalue weighted by molar-refractivity contribution is 6.30. The van der Waals surface area contributed by atoms with Crippen LogP contribution in [-0.4, -0.2) is 17.9 Å². The number of halogens is 1. The minimum Gasteiger partial charge on any atom is -0.467 e. The third kappa shape index (κ3) is 3.84. The first-order chi connectivity index (χ1) is 9.58. The number of nitrogens with one attached hydrogen (secondary N) is 1. The topological polar surface area (TPSA) is 71.5 Å². The van der Waals surface area contributed by atoms with Crippen LogP contribution in [-0.2, 0) is 13.1 Å². The average molecular weight is 294 g/mol. The van der Waals surface area contributed by atoms with Crippen LogP contribution in [0.5, 0.6) is 0 Å². The summed E-state index contributed by atoms with van der Waals surface area (Å²) in [5.41, 5.74) is 3.64. The highest BCUT2D eigenvalue weighted by Crippen LogP contribution is 2.14. The molecule has 0 fully saturated rings. The van der Waals surface area contributed by atoms with Crippen LogP contribution in [0.15, 0.2) is 41.0 Å². The summed E-state index contributed by atoms with van der Waals surface area (Å²) in [4.78, 5) is 13.4. The van der Waals surface area contributed by atoms with Gasteiger partial charge in [0.2, 0.25) is 0 Å². The van der Waals surface area contributed by atoms with E-state index in [1.54, 1.807) is 6.07 Å².